The number of hydrogen-bond acceptors (Lipinski definition) is 1. The Morgan fingerprint density at radius 2 is 1.76 bits per heavy atom. The van der Waals surface area contributed by atoms with E-state index >= 15 is 0 Å². The fraction of sp³-hybridized carbons (Fsp3) is 0.263. The van der Waals surface area contributed by atoms with E-state index in [4.69, 9.17) is 0 Å². The summed E-state index contributed by atoms with van der Waals surface area (Å²) in [5.74, 6) is 0.473. The van der Waals surface area contributed by atoms with Crippen LogP contribution in [-0.2, 0) is 7.05 Å². The number of aryl methyl sites for hydroxylation is 2. The summed E-state index contributed by atoms with van der Waals surface area (Å²) in [5, 5.41) is 1.27. The Labute approximate surface area is 126 Å². The van der Waals surface area contributed by atoms with Crippen molar-refractivity contribution in [3.8, 4) is 11.3 Å². The minimum atomic E-state index is 0.473. The van der Waals surface area contributed by atoms with Crippen LogP contribution in [0, 0.1) is 6.92 Å². The Bertz CT molecular complexity index is 804. The first-order chi connectivity index (χ1) is 10.1. The van der Waals surface area contributed by atoms with Gasteiger partial charge in [0.25, 0.3) is 6.33 Å². The minimum absolute atomic E-state index is 0.473. The zero-order chi connectivity index (χ0) is 15.0. The molecule has 3 aromatic rings. The smallest absolute Gasteiger partial charge is 0.232 e. The molecule has 2 aromatic carbocycles. The van der Waals surface area contributed by atoms with Crippen LogP contribution >= 0.6 is 0 Å². The van der Waals surface area contributed by atoms with Crippen LogP contribution in [0.4, 0.5) is 0 Å². The molecule has 0 aliphatic heterocycles. The van der Waals surface area contributed by atoms with E-state index in [0.29, 0.717) is 5.92 Å². The molecule has 0 unspecified atom stereocenters. The van der Waals surface area contributed by atoms with Crippen molar-refractivity contribution in [1.82, 2.24) is 4.98 Å². The summed E-state index contributed by atoms with van der Waals surface area (Å²) in [7, 11) is 2.07. The first kappa shape index (κ1) is 13.7. The Kier molecular flexibility index (Phi) is 3.46. The van der Waals surface area contributed by atoms with Crippen molar-refractivity contribution in [1.29, 1.82) is 0 Å². The lowest BCUT2D eigenvalue weighted by atomic mass is 9.93. The molecule has 2 heteroatoms. The van der Waals surface area contributed by atoms with Crippen molar-refractivity contribution >= 4 is 10.9 Å². The fourth-order valence-electron chi connectivity index (χ4n) is 2.95. The van der Waals surface area contributed by atoms with E-state index in [9.17, 15) is 0 Å². The molecule has 0 amide bonds. The van der Waals surface area contributed by atoms with Gasteiger partial charge in [0.1, 0.15) is 5.69 Å². The van der Waals surface area contributed by atoms with Gasteiger partial charge in [-0.15, -0.1) is 0 Å². The predicted octanol–water partition coefficient (Wildman–Crippen LogP) is 4.16. The molecule has 3 rings (SSSR count). The summed E-state index contributed by atoms with van der Waals surface area (Å²) in [5.41, 5.74) is 6.24. The highest BCUT2D eigenvalue weighted by atomic mass is 15.0. The third-order valence-corrected chi connectivity index (χ3v) is 4.06. The highest BCUT2D eigenvalue weighted by Gasteiger charge is 2.20. The second-order valence-corrected chi connectivity index (χ2v) is 5.92. The second-order valence-electron chi connectivity index (χ2n) is 5.92. The van der Waals surface area contributed by atoms with Gasteiger partial charge >= 0.3 is 0 Å². The largest absolute Gasteiger partial charge is 0.287 e. The maximum atomic E-state index is 4.60. The van der Waals surface area contributed by atoms with Crippen molar-refractivity contribution in [2.45, 2.75) is 26.7 Å². The lowest BCUT2D eigenvalue weighted by Gasteiger charge is -2.13. The molecule has 0 bridgehead atoms. The van der Waals surface area contributed by atoms with Crippen molar-refractivity contribution in [3.63, 3.8) is 0 Å². The summed E-state index contributed by atoms with van der Waals surface area (Å²) in [4.78, 5) is 4.60. The zero-order valence-electron chi connectivity index (χ0n) is 13.1. The van der Waals surface area contributed by atoms with Crippen LogP contribution in [0.1, 0.15) is 30.9 Å². The maximum absolute atomic E-state index is 4.60. The van der Waals surface area contributed by atoms with E-state index in [1.165, 1.54) is 27.8 Å². The lowest BCUT2D eigenvalue weighted by Crippen LogP contribution is -2.32. The van der Waals surface area contributed by atoms with Gasteiger partial charge in [-0.2, -0.15) is 0 Å². The Hall–Kier alpha value is -2.22. The number of hydrogen-bond donors (Lipinski definition) is 0. The molecule has 0 fully saturated rings. The summed E-state index contributed by atoms with van der Waals surface area (Å²) in [6.45, 7) is 6.65. The van der Waals surface area contributed by atoms with Crippen LogP contribution < -0.4 is 4.57 Å². The zero-order valence-corrected chi connectivity index (χ0v) is 13.1. The van der Waals surface area contributed by atoms with Gasteiger partial charge in [0, 0.05) is 5.56 Å². The average Bonchev–Trinajstić information content (AvgIpc) is 2.47. The highest BCUT2D eigenvalue weighted by molar-refractivity contribution is 5.94. The molecule has 0 saturated carbocycles. The molecule has 0 atom stereocenters. The summed E-state index contributed by atoms with van der Waals surface area (Å²) >= 11 is 0. The molecule has 0 N–H and O–H groups in total. The van der Waals surface area contributed by atoms with E-state index in [2.05, 4.69) is 79.8 Å². The monoisotopic (exact) mass is 277 g/mol. The molecule has 1 heterocycles. The van der Waals surface area contributed by atoms with Crippen LogP contribution in [0.5, 0.6) is 0 Å². The van der Waals surface area contributed by atoms with E-state index < -0.39 is 0 Å². The first-order valence-corrected chi connectivity index (χ1v) is 7.43. The Morgan fingerprint density at radius 3 is 2.48 bits per heavy atom. The molecule has 0 saturated heterocycles. The van der Waals surface area contributed by atoms with E-state index in [1.54, 1.807) is 0 Å². The SMILES string of the molecule is Cc1ccccc1-c1c2c(C(C)C)cccc2nc[n+]1C. The van der Waals surface area contributed by atoms with Crippen LogP contribution in [-0.4, -0.2) is 4.98 Å². The third kappa shape index (κ3) is 2.31. The second kappa shape index (κ2) is 5.28. The number of aromatic nitrogens is 2. The first-order valence-electron chi connectivity index (χ1n) is 7.43. The summed E-state index contributed by atoms with van der Waals surface area (Å²) in [6, 6.07) is 15.0. The number of benzene rings is 2. The van der Waals surface area contributed by atoms with Crippen LogP contribution in [0.3, 0.4) is 0 Å². The highest BCUT2D eigenvalue weighted by Crippen LogP contribution is 2.32. The van der Waals surface area contributed by atoms with Crippen molar-refractivity contribution < 1.29 is 4.57 Å². The third-order valence-electron chi connectivity index (χ3n) is 4.06. The molecular weight excluding hydrogens is 256 g/mol. The van der Waals surface area contributed by atoms with E-state index in [-0.39, 0.29) is 0 Å². The fourth-order valence-corrected chi connectivity index (χ4v) is 2.95. The Morgan fingerprint density at radius 1 is 1.00 bits per heavy atom. The normalized spacial score (nSPS) is 11.3. The lowest BCUT2D eigenvalue weighted by molar-refractivity contribution is -0.662. The number of nitrogens with zero attached hydrogens (tertiary/aromatic N) is 2. The van der Waals surface area contributed by atoms with Crippen molar-refractivity contribution in [2.24, 2.45) is 7.05 Å². The van der Waals surface area contributed by atoms with E-state index in [1.807, 2.05) is 6.33 Å². The quantitative estimate of drug-likeness (QED) is 0.643. The number of fused-ring (bicyclic) bond motifs is 1. The van der Waals surface area contributed by atoms with Gasteiger partial charge in [-0.05, 0) is 35.0 Å². The molecule has 0 aliphatic rings. The molecular formula is C19H21N2+. The summed E-state index contributed by atoms with van der Waals surface area (Å²) < 4.78 is 2.14. The van der Waals surface area contributed by atoms with Crippen molar-refractivity contribution in [3.05, 3.63) is 59.9 Å². The van der Waals surface area contributed by atoms with Gasteiger partial charge in [0.05, 0.1) is 12.4 Å². The molecule has 0 radical (unpaired) electrons. The van der Waals surface area contributed by atoms with Gasteiger partial charge in [0.2, 0.25) is 0 Å². The number of rotatable bonds is 2. The average molecular weight is 277 g/mol. The molecule has 1 aromatic heterocycles. The van der Waals surface area contributed by atoms with Gasteiger partial charge < -0.3 is 0 Å². The van der Waals surface area contributed by atoms with Gasteiger partial charge in [-0.1, -0.05) is 50.2 Å². The topological polar surface area (TPSA) is 16.8 Å². The molecule has 0 aliphatic carbocycles. The molecule has 2 nitrogen and oxygen atoms in total. The van der Waals surface area contributed by atoms with Crippen molar-refractivity contribution in [2.75, 3.05) is 0 Å². The minimum Gasteiger partial charge on any atom is -0.232 e. The van der Waals surface area contributed by atoms with Crippen LogP contribution in [0.25, 0.3) is 22.2 Å². The Balaban J connectivity index is 2.47. The van der Waals surface area contributed by atoms with E-state index in [0.717, 1.165) is 5.52 Å². The van der Waals surface area contributed by atoms with Gasteiger partial charge in [-0.25, -0.2) is 4.57 Å². The standard InChI is InChI=1S/C19H21N2/c1-13(2)15-10-7-11-17-18(15)19(21(4)12-20-17)16-9-6-5-8-14(16)3/h5-13H,1-4H3/q+1. The molecule has 0 spiro atoms. The predicted molar refractivity (Wildman–Crippen MR) is 87.2 cm³/mol. The molecule has 106 valence electrons. The van der Waals surface area contributed by atoms with Gasteiger partial charge in [0.15, 0.2) is 5.52 Å². The molecule has 21 heavy (non-hydrogen) atoms. The van der Waals surface area contributed by atoms with Crippen LogP contribution in [0.2, 0.25) is 0 Å². The van der Waals surface area contributed by atoms with Gasteiger partial charge in [-0.3, -0.25) is 0 Å². The summed E-state index contributed by atoms with van der Waals surface area (Å²) in [6.07, 6.45) is 1.91. The van der Waals surface area contributed by atoms with Crippen LogP contribution in [0.15, 0.2) is 48.8 Å². The maximum Gasteiger partial charge on any atom is 0.287 e.